The van der Waals surface area contributed by atoms with Crippen LogP contribution in [0.25, 0.3) is 44.7 Å². The average molecular weight is 345 g/mol. The molecule has 0 spiro atoms. The predicted molar refractivity (Wildman–Crippen MR) is 116 cm³/mol. The van der Waals surface area contributed by atoms with Crippen molar-refractivity contribution in [3.63, 3.8) is 0 Å². The second-order valence-corrected chi connectivity index (χ2v) is 6.75. The molecule has 0 fully saturated rings. The summed E-state index contributed by atoms with van der Waals surface area (Å²) < 4.78 is 2.35. The summed E-state index contributed by atoms with van der Waals surface area (Å²) >= 11 is 0. The van der Waals surface area contributed by atoms with E-state index in [4.69, 9.17) is 0 Å². The van der Waals surface area contributed by atoms with Gasteiger partial charge in [0.05, 0.1) is 11.0 Å². The van der Waals surface area contributed by atoms with Crippen LogP contribution in [0.2, 0.25) is 0 Å². The molecule has 128 valence electrons. The molecule has 0 N–H and O–H groups in total. The number of benzene rings is 4. The summed E-state index contributed by atoms with van der Waals surface area (Å²) in [5, 5.41) is 2.57. The third kappa shape index (κ3) is 2.56. The van der Waals surface area contributed by atoms with Crippen molar-refractivity contribution in [3.8, 4) is 16.8 Å². The SMILES string of the molecule is C=Cc1ccc(-c2cccc(-n3c4ccccc4c4ccccc43)c2)cc1. The number of rotatable bonds is 3. The minimum absolute atomic E-state index is 1.14. The molecular formula is C26H19N. The lowest BCUT2D eigenvalue weighted by Gasteiger charge is -2.10. The summed E-state index contributed by atoms with van der Waals surface area (Å²) in [4.78, 5) is 0. The fourth-order valence-corrected chi connectivity index (χ4v) is 3.84. The molecule has 4 aromatic carbocycles. The maximum Gasteiger partial charge on any atom is 0.0541 e. The van der Waals surface area contributed by atoms with Gasteiger partial charge in [-0.25, -0.2) is 0 Å². The zero-order valence-corrected chi connectivity index (χ0v) is 15.0. The first-order chi connectivity index (χ1) is 13.3. The van der Waals surface area contributed by atoms with E-state index >= 15 is 0 Å². The molecule has 1 nitrogen and oxygen atoms in total. The standard InChI is InChI=1S/C26H19N/c1-2-19-14-16-20(17-15-19)21-8-7-9-22(18-21)27-25-12-5-3-10-23(25)24-11-4-6-13-26(24)27/h2-18H,1H2. The minimum atomic E-state index is 1.14. The summed E-state index contributed by atoms with van der Waals surface area (Å²) in [6.45, 7) is 3.84. The van der Waals surface area contributed by atoms with Gasteiger partial charge in [-0.2, -0.15) is 0 Å². The maximum absolute atomic E-state index is 3.84. The second-order valence-electron chi connectivity index (χ2n) is 6.75. The van der Waals surface area contributed by atoms with Gasteiger partial charge >= 0.3 is 0 Å². The quantitative estimate of drug-likeness (QED) is 0.329. The van der Waals surface area contributed by atoms with Crippen LogP contribution in [0.3, 0.4) is 0 Å². The molecule has 0 saturated heterocycles. The van der Waals surface area contributed by atoms with Crippen LogP contribution >= 0.6 is 0 Å². The van der Waals surface area contributed by atoms with E-state index in [1.54, 1.807) is 0 Å². The Morgan fingerprint density at radius 2 is 1.22 bits per heavy atom. The molecule has 0 aliphatic rings. The van der Waals surface area contributed by atoms with Gasteiger partial charge in [0.1, 0.15) is 0 Å². The zero-order chi connectivity index (χ0) is 18.2. The highest BCUT2D eigenvalue weighted by atomic mass is 15.0. The molecule has 27 heavy (non-hydrogen) atoms. The monoisotopic (exact) mass is 345 g/mol. The van der Waals surface area contributed by atoms with Crippen molar-refractivity contribution in [2.45, 2.75) is 0 Å². The third-order valence-corrected chi connectivity index (χ3v) is 5.16. The van der Waals surface area contributed by atoms with E-state index in [1.165, 1.54) is 38.6 Å². The van der Waals surface area contributed by atoms with Crippen molar-refractivity contribution >= 4 is 27.9 Å². The lowest BCUT2D eigenvalue weighted by atomic mass is 10.0. The Morgan fingerprint density at radius 1 is 0.593 bits per heavy atom. The zero-order valence-electron chi connectivity index (χ0n) is 15.0. The number of aromatic nitrogens is 1. The molecule has 0 aliphatic heterocycles. The summed E-state index contributed by atoms with van der Waals surface area (Å²) in [6.07, 6.45) is 1.87. The van der Waals surface area contributed by atoms with Gasteiger partial charge < -0.3 is 4.57 Å². The Labute approximate surface area is 158 Å². The number of fused-ring (bicyclic) bond motifs is 3. The van der Waals surface area contributed by atoms with Gasteiger partial charge in [0, 0.05) is 16.5 Å². The van der Waals surface area contributed by atoms with Gasteiger partial charge in [0.2, 0.25) is 0 Å². The van der Waals surface area contributed by atoms with Crippen LogP contribution in [-0.4, -0.2) is 4.57 Å². The summed E-state index contributed by atoms with van der Waals surface area (Å²) in [5.74, 6) is 0. The van der Waals surface area contributed by atoms with Gasteiger partial charge in [-0.15, -0.1) is 0 Å². The maximum atomic E-state index is 3.84. The van der Waals surface area contributed by atoms with Crippen LogP contribution < -0.4 is 0 Å². The van der Waals surface area contributed by atoms with Crippen molar-refractivity contribution in [1.29, 1.82) is 0 Å². The van der Waals surface area contributed by atoms with E-state index in [0.717, 1.165) is 5.56 Å². The highest BCUT2D eigenvalue weighted by Crippen LogP contribution is 2.33. The van der Waals surface area contributed by atoms with E-state index < -0.39 is 0 Å². The predicted octanol–water partition coefficient (Wildman–Crippen LogP) is 7.09. The molecular weight excluding hydrogens is 326 g/mol. The van der Waals surface area contributed by atoms with E-state index in [-0.39, 0.29) is 0 Å². The summed E-state index contributed by atoms with van der Waals surface area (Å²) in [5.41, 5.74) is 7.21. The lowest BCUT2D eigenvalue weighted by Crippen LogP contribution is -1.94. The largest absolute Gasteiger partial charge is 0.309 e. The van der Waals surface area contributed by atoms with Gasteiger partial charge in [-0.3, -0.25) is 0 Å². The molecule has 5 rings (SSSR count). The van der Waals surface area contributed by atoms with Crippen LogP contribution in [0.4, 0.5) is 0 Å². The number of hydrogen-bond acceptors (Lipinski definition) is 0. The normalized spacial score (nSPS) is 11.1. The molecule has 1 heterocycles. The van der Waals surface area contributed by atoms with Gasteiger partial charge in [-0.1, -0.05) is 85.5 Å². The highest BCUT2D eigenvalue weighted by molar-refractivity contribution is 6.09. The fraction of sp³-hybridized carbons (Fsp3) is 0. The Morgan fingerprint density at radius 3 is 1.85 bits per heavy atom. The van der Waals surface area contributed by atoms with Gasteiger partial charge in [0.15, 0.2) is 0 Å². The Bertz CT molecular complexity index is 1220. The van der Waals surface area contributed by atoms with Crippen molar-refractivity contribution in [3.05, 3.63) is 109 Å². The van der Waals surface area contributed by atoms with Crippen molar-refractivity contribution in [2.24, 2.45) is 0 Å². The average Bonchev–Trinajstić information content (AvgIpc) is 3.08. The van der Waals surface area contributed by atoms with Gasteiger partial charge in [-0.05, 0) is 41.0 Å². The van der Waals surface area contributed by atoms with E-state index in [2.05, 4.69) is 108 Å². The molecule has 1 aromatic heterocycles. The van der Waals surface area contributed by atoms with Crippen LogP contribution in [0.1, 0.15) is 5.56 Å². The Balaban J connectivity index is 1.74. The van der Waals surface area contributed by atoms with Gasteiger partial charge in [0.25, 0.3) is 0 Å². The summed E-state index contributed by atoms with van der Waals surface area (Å²) in [7, 11) is 0. The smallest absolute Gasteiger partial charge is 0.0541 e. The topological polar surface area (TPSA) is 4.93 Å². The molecule has 1 heteroatoms. The van der Waals surface area contributed by atoms with E-state index in [0.29, 0.717) is 0 Å². The van der Waals surface area contributed by atoms with E-state index in [1.807, 2.05) is 6.08 Å². The first kappa shape index (κ1) is 15.7. The molecule has 0 radical (unpaired) electrons. The second kappa shape index (κ2) is 6.30. The fourth-order valence-electron chi connectivity index (χ4n) is 3.84. The van der Waals surface area contributed by atoms with Crippen LogP contribution in [0.15, 0.2) is 104 Å². The number of nitrogens with zero attached hydrogens (tertiary/aromatic N) is 1. The van der Waals surface area contributed by atoms with Crippen molar-refractivity contribution < 1.29 is 0 Å². The first-order valence-electron chi connectivity index (χ1n) is 9.17. The third-order valence-electron chi connectivity index (χ3n) is 5.16. The molecule has 5 aromatic rings. The van der Waals surface area contributed by atoms with Crippen LogP contribution in [-0.2, 0) is 0 Å². The summed E-state index contributed by atoms with van der Waals surface area (Å²) in [6, 6.07) is 34.5. The lowest BCUT2D eigenvalue weighted by molar-refractivity contribution is 1.18. The highest BCUT2D eigenvalue weighted by Gasteiger charge is 2.11. The van der Waals surface area contributed by atoms with Crippen LogP contribution in [0, 0.1) is 0 Å². The first-order valence-corrected chi connectivity index (χ1v) is 9.17. The molecule has 0 unspecified atom stereocenters. The minimum Gasteiger partial charge on any atom is -0.309 e. The van der Waals surface area contributed by atoms with Crippen LogP contribution in [0.5, 0.6) is 0 Å². The number of hydrogen-bond donors (Lipinski definition) is 0. The van der Waals surface area contributed by atoms with Crippen molar-refractivity contribution in [2.75, 3.05) is 0 Å². The van der Waals surface area contributed by atoms with E-state index in [9.17, 15) is 0 Å². The molecule has 0 amide bonds. The Hall–Kier alpha value is -3.58. The number of para-hydroxylation sites is 2. The van der Waals surface area contributed by atoms with Crippen molar-refractivity contribution in [1.82, 2.24) is 4.57 Å². The molecule has 0 atom stereocenters. The molecule has 0 aliphatic carbocycles. The molecule has 0 bridgehead atoms. The Kier molecular flexibility index (Phi) is 3.65. The molecule has 0 saturated carbocycles.